The number of aliphatic hydroxyl groups excluding tert-OH is 1. The average molecular weight is 415 g/mol. The fraction of sp³-hybridized carbons (Fsp3) is 0.292. The van der Waals surface area contributed by atoms with Crippen molar-refractivity contribution in [2.45, 2.75) is 26.1 Å². The van der Waals surface area contributed by atoms with Gasteiger partial charge in [-0.1, -0.05) is 12.1 Å². The number of pyridine rings is 2. The van der Waals surface area contributed by atoms with Crippen molar-refractivity contribution in [3.8, 4) is 28.4 Å². The molecule has 1 aromatic carbocycles. The van der Waals surface area contributed by atoms with E-state index in [4.69, 9.17) is 4.74 Å². The molecule has 0 aliphatic carbocycles. The molecule has 0 radical (unpaired) electrons. The van der Waals surface area contributed by atoms with Crippen LogP contribution in [0.4, 0.5) is 0 Å². The Balaban J connectivity index is 1.44. The third-order valence-corrected chi connectivity index (χ3v) is 5.71. The second-order valence-corrected chi connectivity index (χ2v) is 7.98. The van der Waals surface area contributed by atoms with Crippen LogP contribution in [0, 0.1) is 12.8 Å². The van der Waals surface area contributed by atoms with E-state index in [0.29, 0.717) is 5.75 Å². The summed E-state index contributed by atoms with van der Waals surface area (Å²) in [6.45, 7) is 3.73. The lowest BCUT2D eigenvalue weighted by atomic mass is 9.99. The van der Waals surface area contributed by atoms with E-state index in [9.17, 15) is 5.11 Å². The minimum atomic E-state index is -0.847. The molecular formula is C24H25N5O2. The molecule has 7 heteroatoms. The Morgan fingerprint density at radius 1 is 1.16 bits per heavy atom. The zero-order chi connectivity index (χ0) is 21.2. The number of ether oxygens (including phenoxy) is 1. The first-order chi connectivity index (χ1) is 15.2. The number of fused-ring (bicyclic) bond motifs is 1. The monoisotopic (exact) mass is 415 g/mol. The van der Waals surface area contributed by atoms with Gasteiger partial charge in [-0.2, -0.15) is 0 Å². The number of benzene rings is 1. The second kappa shape index (κ2) is 8.45. The minimum Gasteiger partial charge on any atom is -0.463 e. The first kappa shape index (κ1) is 19.7. The molecule has 0 spiro atoms. The Morgan fingerprint density at radius 2 is 2.10 bits per heavy atom. The van der Waals surface area contributed by atoms with E-state index in [0.717, 1.165) is 65.2 Å². The number of aliphatic hydroxyl groups is 1. The van der Waals surface area contributed by atoms with Gasteiger partial charge in [-0.25, -0.2) is 4.98 Å². The molecule has 2 unspecified atom stereocenters. The Hall–Kier alpha value is -3.29. The van der Waals surface area contributed by atoms with Crippen molar-refractivity contribution >= 4 is 10.9 Å². The Morgan fingerprint density at radius 3 is 2.94 bits per heavy atom. The number of hydrogen-bond acceptors (Lipinski definition) is 6. The summed E-state index contributed by atoms with van der Waals surface area (Å²) in [4.78, 5) is 16.9. The van der Waals surface area contributed by atoms with Gasteiger partial charge in [-0.3, -0.25) is 9.97 Å². The van der Waals surface area contributed by atoms with Gasteiger partial charge in [-0.05, 0) is 56.6 Å². The molecular weight excluding hydrogens is 390 g/mol. The van der Waals surface area contributed by atoms with Crippen LogP contribution in [0.25, 0.3) is 33.5 Å². The standard InChI is InChI=1S/C24H25N5O2/c1-15-4-2-6-21(29-15)23-22(27-14-28-23)16-7-8-20-18(10-16)11-19(13-26-20)31-24(30)17-5-3-9-25-12-17/h2,4,6-8,10-11,13-14,17,24-25,30H,3,5,9,12H2,1H3,(H,27,28). The molecule has 0 amide bonds. The van der Waals surface area contributed by atoms with Gasteiger partial charge in [0.2, 0.25) is 6.29 Å². The number of hydrogen-bond donors (Lipinski definition) is 3. The molecule has 1 fully saturated rings. The summed E-state index contributed by atoms with van der Waals surface area (Å²) in [7, 11) is 0. The molecule has 2 atom stereocenters. The van der Waals surface area contributed by atoms with Gasteiger partial charge >= 0.3 is 0 Å². The predicted molar refractivity (Wildman–Crippen MR) is 120 cm³/mol. The molecule has 3 aromatic heterocycles. The van der Waals surface area contributed by atoms with Crippen molar-refractivity contribution in [1.29, 1.82) is 0 Å². The van der Waals surface area contributed by atoms with Gasteiger partial charge in [0.05, 0.1) is 35.1 Å². The molecule has 3 N–H and O–H groups in total. The van der Waals surface area contributed by atoms with Crippen LogP contribution in [0.15, 0.2) is 55.0 Å². The van der Waals surface area contributed by atoms with Gasteiger partial charge in [0.15, 0.2) is 0 Å². The summed E-state index contributed by atoms with van der Waals surface area (Å²) in [6, 6.07) is 13.9. The van der Waals surface area contributed by atoms with Crippen LogP contribution in [-0.2, 0) is 0 Å². The summed E-state index contributed by atoms with van der Waals surface area (Å²) in [5.41, 5.74) is 5.34. The second-order valence-electron chi connectivity index (χ2n) is 7.98. The molecule has 5 rings (SSSR count). The first-order valence-corrected chi connectivity index (χ1v) is 10.6. The number of imidazole rings is 1. The van der Waals surface area contributed by atoms with Crippen molar-refractivity contribution in [3.05, 3.63) is 60.7 Å². The predicted octanol–water partition coefficient (Wildman–Crippen LogP) is 3.69. The molecule has 7 nitrogen and oxygen atoms in total. The van der Waals surface area contributed by atoms with Crippen molar-refractivity contribution in [1.82, 2.24) is 25.3 Å². The Bertz CT molecular complexity index is 1200. The Labute approximate surface area is 180 Å². The number of aryl methyl sites for hydroxylation is 1. The number of aromatic amines is 1. The van der Waals surface area contributed by atoms with Crippen LogP contribution >= 0.6 is 0 Å². The highest BCUT2D eigenvalue weighted by molar-refractivity contribution is 5.87. The number of rotatable bonds is 5. The molecule has 0 saturated carbocycles. The van der Waals surface area contributed by atoms with E-state index in [1.54, 1.807) is 12.5 Å². The zero-order valence-electron chi connectivity index (χ0n) is 17.4. The minimum absolute atomic E-state index is 0.0872. The molecule has 1 aliphatic rings. The van der Waals surface area contributed by atoms with Gasteiger partial charge in [0.25, 0.3) is 0 Å². The average Bonchev–Trinajstić information content (AvgIpc) is 3.29. The van der Waals surface area contributed by atoms with Gasteiger partial charge in [0.1, 0.15) is 5.75 Å². The normalized spacial score (nSPS) is 17.5. The fourth-order valence-electron chi connectivity index (χ4n) is 4.07. The number of nitrogens with one attached hydrogen (secondary N) is 2. The fourth-order valence-corrected chi connectivity index (χ4v) is 4.07. The van der Waals surface area contributed by atoms with Gasteiger partial charge < -0.3 is 20.1 Å². The highest BCUT2D eigenvalue weighted by Crippen LogP contribution is 2.31. The van der Waals surface area contributed by atoms with E-state index in [1.807, 2.05) is 49.4 Å². The number of piperidine rings is 1. The third-order valence-electron chi connectivity index (χ3n) is 5.71. The summed E-state index contributed by atoms with van der Waals surface area (Å²) in [5, 5.41) is 14.7. The van der Waals surface area contributed by atoms with E-state index in [1.165, 1.54) is 0 Å². The number of aromatic nitrogens is 4. The maximum Gasteiger partial charge on any atom is 0.201 e. The van der Waals surface area contributed by atoms with Crippen LogP contribution in [-0.4, -0.2) is 44.4 Å². The van der Waals surface area contributed by atoms with Crippen molar-refractivity contribution in [3.63, 3.8) is 0 Å². The number of H-pyrrole nitrogens is 1. The third kappa shape index (κ3) is 4.15. The summed E-state index contributed by atoms with van der Waals surface area (Å²) < 4.78 is 5.82. The van der Waals surface area contributed by atoms with Crippen molar-refractivity contribution in [2.24, 2.45) is 5.92 Å². The van der Waals surface area contributed by atoms with E-state index < -0.39 is 6.29 Å². The van der Waals surface area contributed by atoms with Crippen LogP contribution in [0.5, 0.6) is 5.75 Å². The Kier molecular flexibility index (Phi) is 5.36. The van der Waals surface area contributed by atoms with Gasteiger partial charge in [0, 0.05) is 29.1 Å². The molecule has 4 aromatic rings. The summed E-state index contributed by atoms with van der Waals surface area (Å²) in [5.74, 6) is 0.648. The van der Waals surface area contributed by atoms with E-state index >= 15 is 0 Å². The van der Waals surface area contributed by atoms with E-state index in [-0.39, 0.29) is 5.92 Å². The van der Waals surface area contributed by atoms with Crippen molar-refractivity contribution < 1.29 is 9.84 Å². The molecule has 0 bridgehead atoms. The van der Waals surface area contributed by atoms with Crippen molar-refractivity contribution in [2.75, 3.05) is 13.1 Å². The smallest absolute Gasteiger partial charge is 0.201 e. The zero-order valence-corrected chi connectivity index (χ0v) is 17.4. The SMILES string of the molecule is Cc1cccc(-c2[nH]cnc2-c2ccc3ncc(OC(O)C4CCCNC4)cc3c2)n1. The largest absolute Gasteiger partial charge is 0.463 e. The van der Waals surface area contributed by atoms with Crippen LogP contribution < -0.4 is 10.1 Å². The van der Waals surface area contributed by atoms with E-state index in [2.05, 4.69) is 25.3 Å². The van der Waals surface area contributed by atoms with Gasteiger partial charge in [-0.15, -0.1) is 0 Å². The molecule has 1 saturated heterocycles. The highest BCUT2D eigenvalue weighted by atomic mass is 16.6. The first-order valence-electron chi connectivity index (χ1n) is 10.6. The molecule has 4 heterocycles. The maximum atomic E-state index is 10.5. The van der Waals surface area contributed by atoms with Crippen LogP contribution in [0.2, 0.25) is 0 Å². The quantitative estimate of drug-likeness (QED) is 0.430. The topological polar surface area (TPSA) is 96.0 Å². The lowest BCUT2D eigenvalue weighted by Gasteiger charge is -2.27. The summed E-state index contributed by atoms with van der Waals surface area (Å²) in [6.07, 6.45) is 4.50. The molecule has 158 valence electrons. The summed E-state index contributed by atoms with van der Waals surface area (Å²) >= 11 is 0. The lowest BCUT2D eigenvalue weighted by molar-refractivity contribution is -0.0681. The van der Waals surface area contributed by atoms with Crippen LogP contribution in [0.3, 0.4) is 0 Å². The maximum absolute atomic E-state index is 10.5. The number of nitrogens with zero attached hydrogens (tertiary/aromatic N) is 3. The highest BCUT2D eigenvalue weighted by Gasteiger charge is 2.23. The lowest BCUT2D eigenvalue weighted by Crippen LogP contribution is -2.39. The molecule has 31 heavy (non-hydrogen) atoms. The molecule has 1 aliphatic heterocycles. The van der Waals surface area contributed by atoms with Crippen LogP contribution in [0.1, 0.15) is 18.5 Å².